The number of nitrogens with zero attached hydrogens (tertiary/aromatic N) is 3. The van der Waals surface area contributed by atoms with Gasteiger partial charge in [-0.2, -0.15) is 0 Å². The minimum Gasteiger partial charge on any atom is -0.462 e. The molecule has 184 valence electrons. The number of rotatable bonds is 10. The Balaban J connectivity index is 1.95. The topological polar surface area (TPSA) is 161 Å². The minimum atomic E-state index is -0.825. The quantitative estimate of drug-likeness (QED) is 0.278. The molecular weight excluding hydrogens is 444 g/mol. The number of piperazine rings is 1. The molecule has 2 rings (SSSR count). The zero-order chi connectivity index (χ0) is 24.4. The Labute approximate surface area is 190 Å². The van der Waals surface area contributed by atoms with Gasteiger partial charge >= 0.3 is 18.0 Å². The van der Waals surface area contributed by atoms with Crippen molar-refractivity contribution in [1.29, 1.82) is 0 Å². The maximum atomic E-state index is 12.5. The van der Waals surface area contributed by atoms with Gasteiger partial charge in [0.15, 0.2) is 0 Å². The number of amides is 4. The number of hydroxylamine groups is 2. The summed E-state index contributed by atoms with van der Waals surface area (Å²) in [6.45, 7) is 0.0935. The highest BCUT2D eigenvalue weighted by atomic mass is 16.7. The molecule has 14 nitrogen and oxygen atoms in total. The molecule has 0 aromatic carbocycles. The van der Waals surface area contributed by atoms with Crippen LogP contribution in [0.15, 0.2) is 0 Å². The third kappa shape index (κ3) is 7.98. The second-order valence-electron chi connectivity index (χ2n) is 7.29. The summed E-state index contributed by atoms with van der Waals surface area (Å²) in [6.07, 6.45) is -0.651. The van der Waals surface area contributed by atoms with E-state index in [1.165, 1.54) is 19.1 Å². The minimum absolute atomic E-state index is 0.0180. The maximum absolute atomic E-state index is 12.5. The van der Waals surface area contributed by atoms with Gasteiger partial charge in [0.05, 0.1) is 19.7 Å². The molecule has 0 spiro atoms. The predicted molar refractivity (Wildman–Crippen MR) is 107 cm³/mol. The Hall–Kier alpha value is -3.26. The normalized spacial score (nSPS) is 18.8. The van der Waals surface area contributed by atoms with Crippen molar-refractivity contribution in [3.8, 4) is 0 Å². The Morgan fingerprint density at radius 3 is 2.36 bits per heavy atom. The fraction of sp³-hybridized carbons (Fsp3) is 0.684. The van der Waals surface area contributed by atoms with Crippen LogP contribution in [0.2, 0.25) is 0 Å². The van der Waals surface area contributed by atoms with Crippen molar-refractivity contribution < 1.29 is 47.8 Å². The first kappa shape index (κ1) is 26.0. The molecule has 2 aliphatic heterocycles. The molecule has 0 saturated carbocycles. The number of imide groups is 1. The summed E-state index contributed by atoms with van der Waals surface area (Å²) >= 11 is 0. The fourth-order valence-corrected chi connectivity index (χ4v) is 3.29. The average molecular weight is 472 g/mol. The van der Waals surface area contributed by atoms with Gasteiger partial charge in [-0.15, -0.1) is 5.06 Å². The molecule has 4 amide bonds. The lowest BCUT2D eigenvalue weighted by Gasteiger charge is -2.40. The summed E-state index contributed by atoms with van der Waals surface area (Å²) in [6, 6.07) is -0.547. The van der Waals surface area contributed by atoms with E-state index < -0.39 is 35.9 Å². The molecular formula is C19H28N4O10. The lowest BCUT2D eigenvalue weighted by atomic mass is 10.1. The SMILES string of the molecule is COCC(=O)OCC1CN(C(=O)CCNC(=O)OC)CCN1CC(=O)ON1C(=O)CCC1=O. The zero-order valence-corrected chi connectivity index (χ0v) is 18.6. The van der Waals surface area contributed by atoms with Crippen LogP contribution in [-0.2, 0) is 43.0 Å². The summed E-state index contributed by atoms with van der Waals surface area (Å²) in [5.74, 6) is -2.85. The van der Waals surface area contributed by atoms with E-state index in [1.54, 1.807) is 4.90 Å². The number of methoxy groups -OCH3 is 2. The van der Waals surface area contributed by atoms with E-state index in [-0.39, 0.29) is 71.1 Å². The number of ether oxygens (including phenoxy) is 3. The van der Waals surface area contributed by atoms with E-state index in [0.29, 0.717) is 5.06 Å². The standard InChI is InChI=1S/C19H28N4O10/c1-30-12-18(28)32-11-13-9-22(14(24)5-6-20-19(29)31-2)8-7-21(13)10-17(27)33-23-15(25)3-4-16(23)26/h13H,3-12H2,1-2H3,(H,20,29). The summed E-state index contributed by atoms with van der Waals surface area (Å²) in [4.78, 5) is 79.0. The van der Waals surface area contributed by atoms with E-state index in [2.05, 4.69) is 10.1 Å². The fourth-order valence-electron chi connectivity index (χ4n) is 3.29. The van der Waals surface area contributed by atoms with Crippen LogP contribution >= 0.6 is 0 Å². The van der Waals surface area contributed by atoms with Crippen LogP contribution in [0.5, 0.6) is 0 Å². The molecule has 0 aromatic heterocycles. The zero-order valence-electron chi connectivity index (χ0n) is 18.6. The number of hydrogen-bond acceptors (Lipinski definition) is 11. The first-order chi connectivity index (χ1) is 15.7. The number of alkyl carbamates (subject to hydrolysis) is 1. The number of hydrogen-bond donors (Lipinski definition) is 1. The maximum Gasteiger partial charge on any atom is 0.406 e. The second-order valence-corrected chi connectivity index (χ2v) is 7.29. The molecule has 0 bridgehead atoms. The van der Waals surface area contributed by atoms with Gasteiger partial charge < -0.3 is 29.3 Å². The molecule has 1 unspecified atom stereocenters. The van der Waals surface area contributed by atoms with Crippen molar-refractivity contribution in [3.05, 3.63) is 0 Å². The number of carbonyl (C=O) groups excluding carboxylic acids is 6. The van der Waals surface area contributed by atoms with Gasteiger partial charge in [-0.25, -0.2) is 14.4 Å². The summed E-state index contributed by atoms with van der Waals surface area (Å²) in [5, 5.41) is 2.88. The van der Waals surface area contributed by atoms with Crippen LogP contribution in [-0.4, -0.2) is 117 Å². The van der Waals surface area contributed by atoms with Crippen LogP contribution in [0.1, 0.15) is 19.3 Å². The Morgan fingerprint density at radius 2 is 1.73 bits per heavy atom. The van der Waals surface area contributed by atoms with Crippen molar-refractivity contribution in [3.63, 3.8) is 0 Å². The molecule has 1 N–H and O–H groups in total. The molecule has 2 saturated heterocycles. The van der Waals surface area contributed by atoms with Gasteiger partial charge in [-0.3, -0.25) is 19.3 Å². The third-order valence-corrected chi connectivity index (χ3v) is 4.98. The summed E-state index contributed by atoms with van der Waals surface area (Å²) in [5.41, 5.74) is 0. The molecule has 0 aromatic rings. The smallest absolute Gasteiger partial charge is 0.406 e. The summed E-state index contributed by atoms with van der Waals surface area (Å²) < 4.78 is 14.3. The van der Waals surface area contributed by atoms with Crippen molar-refractivity contribution >= 4 is 35.8 Å². The predicted octanol–water partition coefficient (Wildman–Crippen LogP) is -1.96. The third-order valence-electron chi connectivity index (χ3n) is 4.98. The summed E-state index contributed by atoms with van der Waals surface area (Å²) in [7, 11) is 2.56. The lowest BCUT2D eigenvalue weighted by Crippen LogP contribution is -2.58. The molecule has 0 aliphatic carbocycles. The van der Waals surface area contributed by atoms with E-state index in [9.17, 15) is 28.8 Å². The molecule has 1 atom stereocenters. The highest BCUT2D eigenvalue weighted by molar-refractivity contribution is 6.01. The lowest BCUT2D eigenvalue weighted by molar-refractivity contribution is -0.199. The van der Waals surface area contributed by atoms with Gasteiger partial charge in [0.1, 0.15) is 13.2 Å². The van der Waals surface area contributed by atoms with Gasteiger partial charge in [0, 0.05) is 52.6 Å². The Morgan fingerprint density at radius 1 is 1.03 bits per heavy atom. The number of esters is 1. The van der Waals surface area contributed by atoms with Gasteiger partial charge in [0.25, 0.3) is 11.8 Å². The monoisotopic (exact) mass is 472 g/mol. The highest BCUT2D eigenvalue weighted by Gasteiger charge is 2.35. The van der Waals surface area contributed by atoms with Crippen LogP contribution in [0, 0.1) is 0 Å². The molecule has 0 radical (unpaired) electrons. The van der Waals surface area contributed by atoms with Gasteiger partial charge in [0.2, 0.25) is 5.91 Å². The first-order valence-electron chi connectivity index (χ1n) is 10.3. The number of carbonyl (C=O) groups is 6. The molecule has 33 heavy (non-hydrogen) atoms. The van der Waals surface area contributed by atoms with Crippen molar-refractivity contribution in [2.45, 2.75) is 25.3 Å². The van der Waals surface area contributed by atoms with Crippen molar-refractivity contribution in [2.75, 3.05) is 60.2 Å². The van der Waals surface area contributed by atoms with Gasteiger partial charge in [-0.1, -0.05) is 0 Å². The van der Waals surface area contributed by atoms with E-state index in [4.69, 9.17) is 14.3 Å². The average Bonchev–Trinajstić information content (AvgIpc) is 3.10. The highest BCUT2D eigenvalue weighted by Crippen LogP contribution is 2.15. The van der Waals surface area contributed by atoms with E-state index >= 15 is 0 Å². The van der Waals surface area contributed by atoms with Crippen LogP contribution in [0.4, 0.5) is 4.79 Å². The molecule has 2 fully saturated rings. The first-order valence-corrected chi connectivity index (χ1v) is 10.3. The van der Waals surface area contributed by atoms with Crippen LogP contribution in [0.3, 0.4) is 0 Å². The number of nitrogens with one attached hydrogen (secondary N) is 1. The molecule has 14 heteroatoms. The molecule has 2 aliphatic rings. The van der Waals surface area contributed by atoms with Crippen LogP contribution < -0.4 is 5.32 Å². The van der Waals surface area contributed by atoms with E-state index in [0.717, 1.165) is 0 Å². The largest absolute Gasteiger partial charge is 0.462 e. The van der Waals surface area contributed by atoms with Crippen molar-refractivity contribution in [2.24, 2.45) is 0 Å². The second kappa shape index (κ2) is 12.7. The molecule has 2 heterocycles. The van der Waals surface area contributed by atoms with Gasteiger partial charge in [-0.05, 0) is 0 Å². The van der Waals surface area contributed by atoms with E-state index in [1.807, 2.05) is 0 Å². The van der Waals surface area contributed by atoms with Crippen LogP contribution in [0.25, 0.3) is 0 Å². The Bertz CT molecular complexity index is 758. The van der Waals surface area contributed by atoms with Crippen molar-refractivity contribution in [1.82, 2.24) is 20.2 Å². The Kier molecular flexibility index (Phi) is 10.00.